The Labute approximate surface area is 199 Å². The smallest absolute Gasteiger partial charge is 0.302 e. The third-order valence-electron chi connectivity index (χ3n) is 6.54. The van der Waals surface area contributed by atoms with Crippen molar-refractivity contribution in [2.24, 2.45) is 0 Å². The molecule has 2 aromatic carbocycles. The number of ether oxygens (including phenoxy) is 1. The highest BCUT2D eigenvalue weighted by Gasteiger charge is 2.53. The van der Waals surface area contributed by atoms with Gasteiger partial charge in [0.1, 0.15) is 12.1 Å². The zero-order valence-corrected chi connectivity index (χ0v) is 19.7. The number of fused-ring (bicyclic) bond motifs is 1. The van der Waals surface area contributed by atoms with E-state index in [1.165, 1.54) is 13.3 Å². The summed E-state index contributed by atoms with van der Waals surface area (Å²) in [5.41, 5.74) is 1.68. The van der Waals surface area contributed by atoms with E-state index in [0.29, 0.717) is 23.0 Å². The van der Waals surface area contributed by atoms with Crippen LogP contribution in [0.15, 0.2) is 42.5 Å². The van der Waals surface area contributed by atoms with Crippen LogP contribution in [0.2, 0.25) is 10.0 Å². The van der Waals surface area contributed by atoms with E-state index in [4.69, 9.17) is 27.9 Å². The number of carbonyl (C=O) groups excluding carboxylic acids is 2. The molecule has 1 fully saturated rings. The van der Waals surface area contributed by atoms with Crippen LogP contribution >= 0.6 is 23.2 Å². The van der Waals surface area contributed by atoms with E-state index in [9.17, 15) is 9.59 Å². The van der Waals surface area contributed by atoms with Gasteiger partial charge in [-0.05, 0) is 42.7 Å². The summed E-state index contributed by atoms with van der Waals surface area (Å²) in [6.07, 6.45) is 5.92. The molecule has 1 aliphatic carbocycles. The van der Waals surface area contributed by atoms with E-state index in [2.05, 4.69) is 10.2 Å². The summed E-state index contributed by atoms with van der Waals surface area (Å²) in [5, 5.41) is 4.29. The topological polar surface area (TPSA) is 58.6 Å². The first-order valence-corrected chi connectivity index (χ1v) is 11.9. The normalized spacial score (nSPS) is 20.8. The van der Waals surface area contributed by atoms with Gasteiger partial charge in [-0.1, -0.05) is 60.7 Å². The summed E-state index contributed by atoms with van der Waals surface area (Å²) in [4.78, 5) is 27.5. The lowest BCUT2D eigenvalue weighted by atomic mass is 9.80. The van der Waals surface area contributed by atoms with Crippen LogP contribution in [0.25, 0.3) is 0 Å². The van der Waals surface area contributed by atoms with Crippen molar-refractivity contribution >= 4 is 40.8 Å². The van der Waals surface area contributed by atoms with Crippen molar-refractivity contribution in [3.8, 4) is 0 Å². The molecule has 1 atom stereocenters. The lowest BCUT2D eigenvalue weighted by Gasteiger charge is -2.46. The second-order valence-corrected chi connectivity index (χ2v) is 9.51. The lowest BCUT2D eigenvalue weighted by Crippen LogP contribution is -2.58. The van der Waals surface area contributed by atoms with E-state index in [1.54, 1.807) is 6.07 Å². The number of hydrogen-bond acceptors (Lipinski definition) is 4. The van der Waals surface area contributed by atoms with Crippen LogP contribution in [-0.2, 0) is 26.3 Å². The van der Waals surface area contributed by atoms with Crippen LogP contribution in [0.3, 0.4) is 0 Å². The van der Waals surface area contributed by atoms with Crippen molar-refractivity contribution in [2.75, 3.05) is 18.5 Å². The molecule has 0 aromatic heterocycles. The van der Waals surface area contributed by atoms with Crippen LogP contribution in [0.5, 0.6) is 0 Å². The maximum absolute atomic E-state index is 13.8. The summed E-state index contributed by atoms with van der Waals surface area (Å²) >= 11 is 12.5. The Bertz CT molecular complexity index is 1010. The number of nitrogens with one attached hydrogen (secondary N) is 1. The molecule has 0 radical (unpaired) electrons. The average molecular weight is 475 g/mol. The van der Waals surface area contributed by atoms with E-state index in [1.807, 2.05) is 36.4 Å². The summed E-state index contributed by atoms with van der Waals surface area (Å²) < 4.78 is 5.32. The fourth-order valence-electron chi connectivity index (χ4n) is 5.20. The van der Waals surface area contributed by atoms with Crippen LogP contribution in [-0.4, -0.2) is 36.0 Å². The standard InChI is InChI=1S/C25H28Cl2N2O3/c1-17(30)32-13-12-29(21-8-3-2-4-9-21)25(16-18-6-5-7-19(26)14-18)22-11-10-20(27)15-23(22)28-24(25)31/h5-7,10-11,14-15,21H,2-4,8-9,12-13,16H2,1H3,(H,28,31). The Hall–Kier alpha value is -2.08. The number of hydrogen-bond donors (Lipinski definition) is 1. The number of amides is 1. The van der Waals surface area contributed by atoms with Gasteiger partial charge in [0.2, 0.25) is 5.91 Å². The van der Waals surface area contributed by atoms with Gasteiger partial charge in [-0.15, -0.1) is 0 Å². The van der Waals surface area contributed by atoms with Crippen LogP contribution in [0.1, 0.15) is 50.2 Å². The molecule has 0 saturated heterocycles. The fraction of sp³-hybridized carbons (Fsp3) is 0.440. The Morgan fingerprint density at radius 3 is 2.59 bits per heavy atom. The van der Waals surface area contributed by atoms with Gasteiger partial charge in [0.25, 0.3) is 0 Å². The minimum Gasteiger partial charge on any atom is -0.465 e. The first kappa shape index (κ1) is 23.1. The largest absolute Gasteiger partial charge is 0.465 e. The highest BCUT2D eigenvalue weighted by atomic mass is 35.5. The molecule has 4 rings (SSSR count). The molecule has 5 nitrogen and oxygen atoms in total. The zero-order chi connectivity index (χ0) is 22.7. The average Bonchev–Trinajstić information content (AvgIpc) is 3.02. The molecule has 7 heteroatoms. The molecular weight excluding hydrogens is 447 g/mol. The molecule has 1 amide bonds. The second-order valence-electron chi connectivity index (χ2n) is 8.64. The van der Waals surface area contributed by atoms with Gasteiger partial charge in [-0.3, -0.25) is 14.5 Å². The van der Waals surface area contributed by atoms with E-state index >= 15 is 0 Å². The number of esters is 1. The highest BCUT2D eigenvalue weighted by molar-refractivity contribution is 6.31. The summed E-state index contributed by atoms with van der Waals surface area (Å²) in [7, 11) is 0. The van der Waals surface area contributed by atoms with E-state index < -0.39 is 5.54 Å². The van der Waals surface area contributed by atoms with Crippen molar-refractivity contribution in [3.05, 3.63) is 63.6 Å². The van der Waals surface area contributed by atoms with Crippen molar-refractivity contribution < 1.29 is 14.3 Å². The van der Waals surface area contributed by atoms with Gasteiger partial charge in [-0.2, -0.15) is 0 Å². The molecule has 1 aliphatic heterocycles. The minimum atomic E-state index is -0.938. The molecule has 1 unspecified atom stereocenters. The van der Waals surface area contributed by atoms with Crippen molar-refractivity contribution in [1.29, 1.82) is 0 Å². The maximum Gasteiger partial charge on any atom is 0.302 e. The van der Waals surface area contributed by atoms with Crippen LogP contribution < -0.4 is 5.32 Å². The van der Waals surface area contributed by atoms with Gasteiger partial charge in [0.15, 0.2) is 0 Å². The molecule has 32 heavy (non-hydrogen) atoms. The van der Waals surface area contributed by atoms with Crippen LogP contribution in [0, 0.1) is 0 Å². The number of carbonyl (C=O) groups is 2. The van der Waals surface area contributed by atoms with Crippen molar-refractivity contribution in [1.82, 2.24) is 4.90 Å². The van der Waals surface area contributed by atoms with Gasteiger partial charge in [-0.25, -0.2) is 0 Å². The van der Waals surface area contributed by atoms with E-state index in [0.717, 1.165) is 42.5 Å². The summed E-state index contributed by atoms with van der Waals surface area (Å²) in [6.45, 7) is 2.12. The monoisotopic (exact) mass is 474 g/mol. The fourth-order valence-corrected chi connectivity index (χ4v) is 5.58. The third-order valence-corrected chi connectivity index (χ3v) is 7.01. The Morgan fingerprint density at radius 2 is 1.88 bits per heavy atom. The number of nitrogens with zero attached hydrogens (tertiary/aromatic N) is 1. The van der Waals surface area contributed by atoms with E-state index in [-0.39, 0.29) is 24.5 Å². The first-order chi connectivity index (χ1) is 15.4. The molecule has 170 valence electrons. The predicted octanol–water partition coefficient (Wildman–Crippen LogP) is 5.58. The quantitative estimate of drug-likeness (QED) is 0.531. The number of halogens is 2. The Morgan fingerprint density at radius 1 is 1.12 bits per heavy atom. The van der Waals surface area contributed by atoms with Crippen molar-refractivity contribution in [2.45, 2.75) is 57.0 Å². The number of benzene rings is 2. The molecule has 1 N–H and O–H groups in total. The molecule has 1 saturated carbocycles. The predicted molar refractivity (Wildman–Crippen MR) is 127 cm³/mol. The zero-order valence-electron chi connectivity index (χ0n) is 18.2. The Balaban J connectivity index is 1.82. The molecule has 0 spiro atoms. The first-order valence-electron chi connectivity index (χ1n) is 11.2. The molecule has 0 bridgehead atoms. The van der Waals surface area contributed by atoms with Gasteiger partial charge >= 0.3 is 5.97 Å². The molecule has 2 aliphatic rings. The SMILES string of the molecule is CC(=O)OCCN(C1CCCCC1)C1(Cc2cccc(Cl)c2)C(=O)Nc2cc(Cl)ccc21. The van der Waals surface area contributed by atoms with Crippen molar-refractivity contribution in [3.63, 3.8) is 0 Å². The molecule has 2 aromatic rings. The minimum absolute atomic E-state index is 0.0804. The molecular formula is C25H28Cl2N2O3. The van der Waals surface area contributed by atoms with Gasteiger partial charge in [0, 0.05) is 47.2 Å². The summed E-state index contributed by atoms with van der Waals surface area (Å²) in [6, 6.07) is 13.4. The lowest BCUT2D eigenvalue weighted by molar-refractivity contribution is -0.143. The second kappa shape index (κ2) is 9.82. The maximum atomic E-state index is 13.8. The highest BCUT2D eigenvalue weighted by Crippen LogP contribution is 2.46. The Kier molecular flexibility index (Phi) is 7.08. The summed E-state index contributed by atoms with van der Waals surface area (Å²) in [5.74, 6) is -0.399. The van der Waals surface area contributed by atoms with Crippen LogP contribution in [0.4, 0.5) is 5.69 Å². The third kappa shape index (κ3) is 4.66. The number of anilines is 1. The van der Waals surface area contributed by atoms with Gasteiger partial charge in [0.05, 0.1) is 0 Å². The molecule has 1 heterocycles. The van der Waals surface area contributed by atoms with Gasteiger partial charge < -0.3 is 10.1 Å². The number of rotatable bonds is 7.